The first-order valence-corrected chi connectivity index (χ1v) is 9.14. The van der Waals surface area contributed by atoms with Gasteiger partial charge in [0.1, 0.15) is 0 Å². The molecule has 0 radical (unpaired) electrons. The molecule has 1 unspecified atom stereocenters. The Balaban J connectivity index is 1.61. The lowest BCUT2D eigenvalue weighted by molar-refractivity contribution is -0.123. The molecule has 0 aromatic rings. The van der Waals surface area contributed by atoms with E-state index in [0.29, 0.717) is 0 Å². The maximum atomic E-state index is 12.4. The SMILES string of the molecule is CN1CCC(CNC(=O)C2CCCN2)(N2CCCCC2)CC1. The Hall–Kier alpha value is -0.650. The van der Waals surface area contributed by atoms with Crippen molar-refractivity contribution in [3.8, 4) is 0 Å². The second kappa shape index (κ2) is 7.28. The quantitative estimate of drug-likeness (QED) is 0.807. The van der Waals surface area contributed by atoms with Crippen molar-refractivity contribution in [2.75, 3.05) is 46.3 Å². The van der Waals surface area contributed by atoms with Crippen LogP contribution in [0.15, 0.2) is 0 Å². The highest BCUT2D eigenvalue weighted by Gasteiger charge is 2.40. The maximum absolute atomic E-state index is 12.4. The van der Waals surface area contributed by atoms with Crippen LogP contribution < -0.4 is 10.6 Å². The van der Waals surface area contributed by atoms with E-state index in [9.17, 15) is 4.79 Å². The summed E-state index contributed by atoms with van der Waals surface area (Å²) in [5.41, 5.74) is 0.196. The number of likely N-dealkylation sites (tertiary alicyclic amines) is 2. The van der Waals surface area contributed by atoms with E-state index < -0.39 is 0 Å². The molecule has 3 heterocycles. The van der Waals surface area contributed by atoms with Crippen LogP contribution in [0.2, 0.25) is 0 Å². The molecule has 3 aliphatic heterocycles. The van der Waals surface area contributed by atoms with E-state index >= 15 is 0 Å². The summed E-state index contributed by atoms with van der Waals surface area (Å²) in [5.74, 6) is 0.216. The molecule has 0 aromatic heterocycles. The van der Waals surface area contributed by atoms with Crippen molar-refractivity contribution in [1.82, 2.24) is 20.4 Å². The average Bonchev–Trinajstić information content (AvgIpc) is 3.10. The van der Waals surface area contributed by atoms with Gasteiger partial charge in [0, 0.05) is 12.1 Å². The van der Waals surface area contributed by atoms with Gasteiger partial charge in [-0.25, -0.2) is 0 Å². The fourth-order valence-corrected chi connectivity index (χ4v) is 4.29. The molecule has 1 amide bonds. The normalized spacial score (nSPS) is 30.3. The van der Waals surface area contributed by atoms with Crippen LogP contribution in [0, 0.1) is 0 Å². The van der Waals surface area contributed by atoms with Crippen LogP contribution in [-0.4, -0.2) is 73.6 Å². The van der Waals surface area contributed by atoms with E-state index in [2.05, 4.69) is 27.5 Å². The zero-order chi connectivity index (χ0) is 15.4. The smallest absolute Gasteiger partial charge is 0.237 e. The Labute approximate surface area is 134 Å². The number of hydrogen-bond acceptors (Lipinski definition) is 4. The van der Waals surface area contributed by atoms with Crippen LogP contribution in [0.1, 0.15) is 44.9 Å². The number of carbonyl (C=O) groups excluding carboxylic acids is 1. The van der Waals surface area contributed by atoms with Crippen molar-refractivity contribution in [3.05, 3.63) is 0 Å². The summed E-state index contributed by atoms with van der Waals surface area (Å²) in [6.07, 6.45) is 8.48. The van der Waals surface area contributed by atoms with E-state index in [-0.39, 0.29) is 17.5 Å². The van der Waals surface area contributed by atoms with Gasteiger partial charge in [0.25, 0.3) is 0 Å². The van der Waals surface area contributed by atoms with Crippen LogP contribution in [-0.2, 0) is 4.79 Å². The van der Waals surface area contributed by atoms with Crippen molar-refractivity contribution >= 4 is 5.91 Å². The summed E-state index contributed by atoms with van der Waals surface area (Å²) in [5, 5.41) is 6.59. The molecule has 3 saturated heterocycles. The van der Waals surface area contributed by atoms with Gasteiger partial charge in [-0.05, 0) is 78.3 Å². The lowest BCUT2D eigenvalue weighted by Crippen LogP contribution is -2.62. The second-order valence-corrected chi connectivity index (χ2v) is 7.44. The lowest BCUT2D eigenvalue weighted by atomic mass is 9.84. The number of carbonyl (C=O) groups is 1. The fraction of sp³-hybridized carbons (Fsp3) is 0.941. The van der Waals surface area contributed by atoms with E-state index in [1.165, 1.54) is 45.2 Å². The van der Waals surface area contributed by atoms with Gasteiger partial charge in [-0.1, -0.05) is 6.42 Å². The zero-order valence-electron chi connectivity index (χ0n) is 14.1. The van der Waals surface area contributed by atoms with Crippen molar-refractivity contribution in [3.63, 3.8) is 0 Å². The topological polar surface area (TPSA) is 47.6 Å². The maximum Gasteiger partial charge on any atom is 0.237 e. The van der Waals surface area contributed by atoms with Crippen LogP contribution in [0.3, 0.4) is 0 Å². The molecule has 0 bridgehead atoms. The predicted molar refractivity (Wildman–Crippen MR) is 88.9 cm³/mol. The molecule has 22 heavy (non-hydrogen) atoms. The van der Waals surface area contributed by atoms with E-state index in [1.807, 2.05) is 0 Å². The van der Waals surface area contributed by atoms with Gasteiger partial charge in [-0.3, -0.25) is 9.69 Å². The summed E-state index contributed by atoms with van der Waals surface area (Å²) < 4.78 is 0. The molecule has 0 spiro atoms. The van der Waals surface area contributed by atoms with Gasteiger partial charge in [-0.2, -0.15) is 0 Å². The van der Waals surface area contributed by atoms with Gasteiger partial charge in [0.15, 0.2) is 0 Å². The minimum atomic E-state index is 0.0460. The molecule has 3 fully saturated rings. The van der Waals surface area contributed by atoms with Crippen LogP contribution in [0.25, 0.3) is 0 Å². The summed E-state index contributed by atoms with van der Waals surface area (Å²) in [4.78, 5) is 17.5. The minimum Gasteiger partial charge on any atom is -0.353 e. The molecule has 2 N–H and O–H groups in total. The number of nitrogens with zero attached hydrogens (tertiary/aromatic N) is 2. The molecule has 3 rings (SSSR count). The Kier molecular flexibility index (Phi) is 5.37. The predicted octanol–water partition coefficient (Wildman–Crippen LogP) is 0.805. The highest BCUT2D eigenvalue weighted by atomic mass is 16.2. The van der Waals surface area contributed by atoms with E-state index in [1.54, 1.807) is 0 Å². The fourth-order valence-electron chi connectivity index (χ4n) is 4.29. The van der Waals surface area contributed by atoms with Crippen LogP contribution >= 0.6 is 0 Å². The number of rotatable bonds is 4. The van der Waals surface area contributed by atoms with Crippen molar-refractivity contribution in [1.29, 1.82) is 0 Å². The Morgan fingerprint density at radius 3 is 2.50 bits per heavy atom. The van der Waals surface area contributed by atoms with E-state index in [0.717, 1.165) is 39.0 Å². The number of nitrogens with one attached hydrogen (secondary N) is 2. The third kappa shape index (κ3) is 3.63. The molecule has 5 nitrogen and oxygen atoms in total. The number of hydrogen-bond donors (Lipinski definition) is 2. The molecule has 0 aromatic carbocycles. The van der Waals surface area contributed by atoms with Gasteiger partial charge in [-0.15, -0.1) is 0 Å². The van der Waals surface area contributed by atoms with Crippen molar-refractivity contribution in [2.45, 2.75) is 56.5 Å². The highest BCUT2D eigenvalue weighted by Crippen LogP contribution is 2.30. The molecule has 3 aliphatic rings. The first kappa shape index (κ1) is 16.2. The Morgan fingerprint density at radius 2 is 1.86 bits per heavy atom. The van der Waals surface area contributed by atoms with Gasteiger partial charge < -0.3 is 15.5 Å². The monoisotopic (exact) mass is 308 g/mol. The molecule has 1 atom stereocenters. The van der Waals surface area contributed by atoms with Crippen LogP contribution in [0.5, 0.6) is 0 Å². The lowest BCUT2D eigenvalue weighted by Gasteiger charge is -2.50. The summed E-state index contributed by atoms with van der Waals surface area (Å²) in [7, 11) is 2.21. The number of amides is 1. The number of piperidine rings is 2. The molecule has 0 aliphatic carbocycles. The molecular formula is C17H32N4O. The standard InChI is InChI=1S/C17H32N4O/c1-20-12-7-17(8-13-20,21-10-3-2-4-11-21)14-19-16(22)15-6-5-9-18-15/h15,18H,2-14H2,1H3,(H,19,22). The summed E-state index contributed by atoms with van der Waals surface area (Å²) >= 11 is 0. The largest absolute Gasteiger partial charge is 0.353 e. The third-order valence-corrected chi connectivity index (χ3v) is 5.91. The van der Waals surface area contributed by atoms with Gasteiger partial charge in [0.05, 0.1) is 6.04 Å². The molecule has 126 valence electrons. The zero-order valence-corrected chi connectivity index (χ0v) is 14.1. The first-order chi connectivity index (χ1) is 10.7. The van der Waals surface area contributed by atoms with Gasteiger partial charge in [0.2, 0.25) is 5.91 Å². The molecular weight excluding hydrogens is 276 g/mol. The average molecular weight is 308 g/mol. The Bertz CT molecular complexity index is 367. The van der Waals surface area contributed by atoms with Gasteiger partial charge >= 0.3 is 0 Å². The van der Waals surface area contributed by atoms with Crippen molar-refractivity contribution < 1.29 is 4.79 Å². The summed E-state index contributed by atoms with van der Waals surface area (Å²) in [6.45, 7) is 6.53. The third-order valence-electron chi connectivity index (χ3n) is 5.91. The highest BCUT2D eigenvalue weighted by molar-refractivity contribution is 5.82. The molecule has 0 saturated carbocycles. The van der Waals surface area contributed by atoms with E-state index in [4.69, 9.17) is 0 Å². The Morgan fingerprint density at radius 1 is 1.14 bits per heavy atom. The van der Waals surface area contributed by atoms with Crippen LogP contribution in [0.4, 0.5) is 0 Å². The van der Waals surface area contributed by atoms with Crippen molar-refractivity contribution in [2.24, 2.45) is 0 Å². The second-order valence-electron chi connectivity index (χ2n) is 7.44. The molecule has 5 heteroatoms. The first-order valence-electron chi connectivity index (χ1n) is 9.14. The minimum absolute atomic E-state index is 0.0460. The summed E-state index contributed by atoms with van der Waals surface area (Å²) in [6, 6.07) is 0.0460.